The first-order valence-electron chi connectivity index (χ1n) is 6.19. The van der Waals surface area contributed by atoms with Gasteiger partial charge in [-0.25, -0.2) is 8.42 Å². The number of carbonyl (C=O) groups excluding carboxylic acids is 1. The number of morpholine rings is 1. The molecule has 0 N–H and O–H groups in total. The maximum Gasteiger partial charge on any atom is 0.254 e. The molecule has 0 aromatic heterocycles. The number of hydrogen-bond donors (Lipinski definition) is 0. The quantitative estimate of drug-likeness (QED) is 0.785. The highest BCUT2D eigenvalue weighted by atomic mass is 35.5. The first kappa shape index (κ1) is 15.3. The zero-order chi connectivity index (χ0) is 14.8. The zero-order valence-electron chi connectivity index (χ0n) is 11.1. The lowest BCUT2D eigenvalue weighted by Crippen LogP contribution is -2.46. The number of hydrogen-bond acceptors (Lipinski definition) is 4. The summed E-state index contributed by atoms with van der Waals surface area (Å²) in [6, 6.07) is 6.07. The summed E-state index contributed by atoms with van der Waals surface area (Å²) in [5.74, 6) is 0.126. The fraction of sp³-hybridized carbons (Fsp3) is 0.462. The van der Waals surface area contributed by atoms with E-state index in [-0.39, 0.29) is 16.9 Å². The minimum Gasteiger partial charge on any atom is -0.373 e. The van der Waals surface area contributed by atoms with E-state index >= 15 is 0 Å². The van der Waals surface area contributed by atoms with Crippen LogP contribution in [0, 0.1) is 0 Å². The van der Waals surface area contributed by atoms with Gasteiger partial charge in [-0.3, -0.25) is 4.79 Å². The van der Waals surface area contributed by atoms with Crippen molar-refractivity contribution in [1.82, 2.24) is 4.90 Å². The van der Waals surface area contributed by atoms with Crippen LogP contribution in [-0.4, -0.2) is 57.2 Å². The molecule has 0 spiro atoms. The van der Waals surface area contributed by atoms with Gasteiger partial charge in [0, 0.05) is 24.9 Å². The average molecular weight is 318 g/mol. The van der Waals surface area contributed by atoms with Gasteiger partial charge in [0.05, 0.1) is 23.5 Å². The lowest BCUT2D eigenvalue weighted by Gasteiger charge is -2.32. The molecule has 1 amide bonds. The number of halogens is 1. The van der Waals surface area contributed by atoms with Crippen LogP contribution in [0.1, 0.15) is 10.4 Å². The van der Waals surface area contributed by atoms with Crippen LogP contribution in [0.25, 0.3) is 0 Å². The highest BCUT2D eigenvalue weighted by Crippen LogP contribution is 2.15. The summed E-state index contributed by atoms with van der Waals surface area (Å²) in [5, 5.41) is 0. The minimum atomic E-state index is -3.32. The smallest absolute Gasteiger partial charge is 0.254 e. The van der Waals surface area contributed by atoms with E-state index in [1.807, 2.05) is 0 Å². The molecular weight excluding hydrogens is 302 g/mol. The Morgan fingerprint density at radius 3 is 2.90 bits per heavy atom. The van der Waals surface area contributed by atoms with Crippen molar-refractivity contribution in [2.75, 3.05) is 31.8 Å². The van der Waals surface area contributed by atoms with Gasteiger partial charge in [0.15, 0.2) is 9.84 Å². The van der Waals surface area contributed by atoms with Gasteiger partial charge in [-0.15, -0.1) is 11.6 Å². The average Bonchev–Trinajstić information content (AvgIpc) is 2.46. The number of carbonyl (C=O) groups is 1. The Kier molecular flexibility index (Phi) is 4.67. The first-order chi connectivity index (χ1) is 9.41. The van der Waals surface area contributed by atoms with Crippen molar-refractivity contribution in [3.8, 4) is 0 Å². The fourth-order valence-corrected chi connectivity index (χ4v) is 2.89. The third kappa shape index (κ3) is 3.50. The molecular formula is C13H16ClNO4S. The number of amides is 1. The monoisotopic (exact) mass is 317 g/mol. The molecule has 1 atom stereocenters. The summed E-state index contributed by atoms with van der Waals surface area (Å²) in [4.78, 5) is 14.2. The molecule has 110 valence electrons. The molecule has 1 aromatic carbocycles. The second kappa shape index (κ2) is 6.11. The maximum atomic E-state index is 12.4. The minimum absolute atomic E-state index is 0.144. The first-order valence-corrected chi connectivity index (χ1v) is 8.61. The summed E-state index contributed by atoms with van der Waals surface area (Å²) in [7, 11) is -3.32. The molecule has 7 heteroatoms. The van der Waals surface area contributed by atoms with Crippen molar-refractivity contribution in [1.29, 1.82) is 0 Å². The van der Waals surface area contributed by atoms with E-state index in [9.17, 15) is 13.2 Å². The molecule has 0 bridgehead atoms. The lowest BCUT2D eigenvalue weighted by molar-refractivity contribution is -0.0108. The number of ether oxygens (including phenoxy) is 1. The van der Waals surface area contributed by atoms with Gasteiger partial charge < -0.3 is 9.64 Å². The lowest BCUT2D eigenvalue weighted by atomic mass is 10.2. The van der Waals surface area contributed by atoms with Crippen LogP contribution in [0.15, 0.2) is 29.2 Å². The van der Waals surface area contributed by atoms with Crippen molar-refractivity contribution in [3.63, 3.8) is 0 Å². The Labute approximate surface area is 123 Å². The van der Waals surface area contributed by atoms with E-state index in [4.69, 9.17) is 16.3 Å². The van der Waals surface area contributed by atoms with Crippen molar-refractivity contribution in [2.24, 2.45) is 0 Å². The normalized spacial score (nSPS) is 19.9. The van der Waals surface area contributed by atoms with E-state index in [0.29, 0.717) is 31.1 Å². The van der Waals surface area contributed by atoms with Gasteiger partial charge in [-0.05, 0) is 18.2 Å². The van der Waals surface area contributed by atoms with Crippen molar-refractivity contribution in [3.05, 3.63) is 29.8 Å². The third-order valence-electron chi connectivity index (χ3n) is 3.11. The van der Waals surface area contributed by atoms with E-state index in [2.05, 4.69) is 0 Å². The topological polar surface area (TPSA) is 63.7 Å². The van der Waals surface area contributed by atoms with Crippen LogP contribution in [0.5, 0.6) is 0 Å². The summed E-state index contributed by atoms with van der Waals surface area (Å²) < 4.78 is 28.4. The van der Waals surface area contributed by atoms with Crippen LogP contribution < -0.4 is 0 Å². The van der Waals surface area contributed by atoms with E-state index in [0.717, 1.165) is 6.26 Å². The Hall–Kier alpha value is -1.11. The van der Waals surface area contributed by atoms with Gasteiger partial charge in [0.2, 0.25) is 0 Å². The molecule has 1 aliphatic rings. The molecule has 2 rings (SSSR count). The number of sulfone groups is 1. The molecule has 0 aliphatic carbocycles. The molecule has 0 radical (unpaired) electrons. The molecule has 1 fully saturated rings. The van der Waals surface area contributed by atoms with E-state index in [1.165, 1.54) is 12.1 Å². The highest BCUT2D eigenvalue weighted by molar-refractivity contribution is 7.90. The Balaban J connectivity index is 2.21. The van der Waals surface area contributed by atoms with Crippen LogP contribution in [0.3, 0.4) is 0 Å². The van der Waals surface area contributed by atoms with Crippen molar-refractivity contribution < 1.29 is 17.9 Å². The Morgan fingerprint density at radius 1 is 1.50 bits per heavy atom. The van der Waals surface area contributed by atoms with Crippen LogP contribution in [0.4, 0.5) is 0 Å². The summed E-state index contributed by atoms with van der Waals surface area (Å²) in [6.45, 7) is 1.34. The summed E-state index contributed by atoms with van der Waals surface area (Å²) in [6.07, 6.45) is 0.946. The number of benzene rings is 1. The van der Waals surface area contributed by atoms with Gasteiger partial charge in [0.25, 0.3) is 5.91 Å². The second-order valence-electron chi connectivity index (χ2n) is 4.70. The largest absolute Gasteiger partial charge is 0.373 e. The Morgan fingerprint density at radius 2 is 2.25 bits per heavy atom. The third-order valence-corrected chi connectivity index (χ3v) is 4.56. The predicted octanol–water partition coefficient (Wildman–Crippen LogP) is 1.17. The molecule has 0 saturated carbocycles. The van der Waals surface area contributed by atoms with E-state index in [1.54, 1.807) is 17.0 Å². The van der Waals surface area contributed by atoms with Crippen LogP contribution in [-0.2, 0) is 14.6 Å². The number of nitrogens with zero attached hydrogens (tertiary/aromatic N) is 1. The molecule has 1 aromatic rings. The van der Waals surface area contributed by atoms with Crippen molar-refractivity contribution in [2.45, 2.75) is 11.0 Å². The maximum absolute atomic E-state index is 12.4. The van der Waals surface area contributed by atoms with Gasteiger partial charge >= 0.3 is 0 Å². The summed E-state index contributed by atoms with van der Waals surface area (Å²) >= 11 is 5.74. The molecule has 1 unspecified atom stereocenters. The SMILES string of the molecule is CS(=O)(=O)c1cccc(C(=O)N2CCOC(CCl)C2)c1. The van der Waals surface area contributed by atoms with Crippen molar-refractivity contribution >= 4 is 27.3 Å². The fourth-order valence-electron chi connectivity index (χ4n) is 2.04. The molecule has 5 nitrogen and oxygen atoms in total. The van der Waals surface area contributed by atoms with E-state index < -0.39 is 9.84 Å². The highest BCUT2D eigenvalue weighted by Gasteiger charge is 2.25. The van der Waals surface area contributed by atoms with Gasteiger partial charge in [-0.1, -0.05) is 6.07 Å². The molecule has 1 saturated heterocycles. The van der Waals surface area contributed by atoms with Crippen LogP contribution in [0.2, 0.25) is 0 Å². The summed E-state index contributed by atoms with van der Waals surface area (Å²) in [5.41, 5.74) is 0.364. The standard InChI is InChI=1S/C13H16ClNO4S/c1-20(17,18)12-4-2-3-10(7-12)13(16)15-5-6-19-11(8-14)9-15/h2-4,7,11H,5-6,8-9H2,1H3. The molecule has 1 aliphatic heterocycles. The number of alkyl halides is 1. The van der Waals surface area contributed by atoms with Gasteiger partial charge in [-0.2, -0.15) is 0 Å². The zero-order valence-corrected chi connectivity index (χ0v) is 12.7. The number of rotatable bonds is 3. The molecule has 1 heterocycles. The second-order valence-corrected chi connectivity index (χ2v) is 7.02. The van der Waals surface area contributed by atoms with Gasteiger partial charge in [0.1, 0.15) is 0 Å². The van der Waals surface area contributed by atoms with Crippen LogP contribution >= 0.6 is 11.6 Å². The molecule has 20 heavy (non-hydrogen) atoms. The Bertz CT molecular complexity index is 602. The predicted molar refractivity (Wildman–Crippen MR) is 75.9 cm³/mol.